The molecule has 0 amide bonds. The quantitative estimate of drug-likeness (QED) is 0.799. The van der Waals surface area contributed by atoms with Gasteiger partial charge in [0.15, 0.2) is 0 Å². The zero-order valence-corrected chi connectivity index (χ0v) is 12.2. The Morgan fingerprint density at radius 1 is 1.10 bits per heavy atom. The van der Waals surface area contributed by atoms with Crippen molar-refractivity contribution in [2.75, 3.05) is 5.73 Å². The lowest BCUT2D eigenvalue weighted by Gasteiger charge is -2.09. The zero-order valence-electron chi connectivity index (χ0n) is 12.2. The fourth-order valence-electron chi connectivity index (χ4n) is 2.48. The van der Waals surface area contributed by atoms with Gasteiger partial charge in [-0.2, -0.15) is 0 Å². The van der Waals surface area contributed by atoms with Crippen molar-refractivity contribution in [1.29, 1.82) is 0 Å². The summed E-state index contributed by atoms with van der Waals surface area (Å²) in [6.07, 6.45) is 4.54. The molecule has 0 aliphatic carbocycles. The van der Waals surface area contributed by atoms with Crippen molar-refractivity contribution in [3.63, 3.8) is 0 Å². The van der Waals surface area contributed by atoms with E-state index in [-0.39, 0.29) is 0 Å². The van der Waals surface area contributed by atoms with Gasteiger partial charge in [-0.05, 0) is 24.1 Å². The number of rotatable bonds is 3. The van der Waals surface area contributed by atoms with Crippen LogP contribution < -0.4 is 5.73 Å². The first kappa shape index (κ1) is 13.4. The maximum Gasteiger partial charge on any atom is 0.132 e. The van der Waals surface area contributed by atoms with E-state index in [9.17, 15) is 0 Å². The molecule has 0 aliphatic rings. The minimum absolute atomic E-state index is 0.521. The van der Waals surface area contributed by atoms with E-state index in [1.807, 2.05) is 30.1 Å². The highest BCUT2D eigenvalue weighted by Gasteiger charge is 2.15. The second kappa shape index (κ2) is 5.40. The van der Waals surface area contributed by atoms with Crippen LogP contribution in [0.4, 0.5) is 5.82 Å². The van der Waals surface area contributed by atoms with Gasteiger partial charge < -0.3 is 10.3 Å². The van der Waals surface area contributed by atoms with Crippen molar-refractivity contribution in [3.8, 4) is 22.5 Å². The Bertz CT molecular complexity index is 757. The lowest BCUT2D eigenvalue weighted by Crippen LogP contribution is -1.98. The van der Waals surface area contributed by atoms with E-state index >= 15 is 0 Å². The van der Waals surface area contributed by atoms with Gasteiger partial charge in [0.25, 0.3) is 0 Å². The van der Waals surface area contributed by atoms with Gasteiger partial charge in [0.05, 0.1) is 17.7 Å². The van der Waals surface area contributed by atoms with E-state index < -0.39 is 0 Å². The molecule has 3 aromatic rings. The third kappa shape index (κ3) is 2.40. The van der Waals surface area contributed by atoms with Gasteiger partial charge in [-0.1, -0.05) is 31.2 Å². The third-order valence-electron chi connectivity index (χ3n) is 3.67. The molecule has 3 rings (SSSR count). The van der Waals surface area contributed by atoms with Gasteiger partial charge >= 0.3 is 0 Å². The molecule has 4 nitrogen and oxygen atoms in total. The normalized spacial score (nSPS) is 10.8. The number of hydrogen-bond acceptors (Lipinski definition) is 3. The van der Waals surface area contributed by atoms with E-state index in [0.29, 0.717) is 5.82 Å². The van der Waals surface area contributed by atoms with Crippen LogP contribution in [0.1, 0.15) is 12.5 Å². The molecule has 2 aromatic heterocycles. The molecule has 0 radical (unpaired) electrons. The van der Waals surface area contributed by atoms with Gasteiger partial charge in [-0.3, -0.25) is 0 Å². The number of aromatic nitrogens is 3. The van der Waals surface area contributed by atoms with Crippen LogP contribution in [0.15, 0.2) is 48.9 Å². The highest BCUT2D eigenvalue weighted by atomic mass is 15.0. The Kier molecular flexibility index (Phi) is 3.44. The van der Waals surface area contributed by atoms with Crippen molar-refractivity contribution in [2.24, 2.45) is 7.05 Å². The Hall–Kier alpha value is -2.62. The number of imidazole rings is 1. The summed E-state index contributed by atoms with van der Waals surface area (Å²) in [5.74, 6) is 0.521. The number of pyridine rings is 1. The van der Waals surface area contributed by atoms with Gasteiger partial charge in [0, 0.05) is 24.4 Å². The van der Waals surface area contributed by atoms with Crippen LogP contribution in [0.5, 0.6) is 0 Å². The van der Waals surface area contributed by atoms with Crippen molar-refractivity contribution in [2.45, 2.75) is 13.3 Å². The molecule has 0 fully saturated rings. The molecule has 0 spiro atoms. The first-order valence-electron chi connectivity index (χ1n) is 7.02. The van der Waals surface area contributed by atoms with Crippen LogP contribution in [-0.4, -0.2) is 14.5 Å². The number of nitrogens with zero attached hydrogens (tertiary/aromatic N) is 3. The van der Waals surface area contributed by atoms with Crippen LogP contribution in [0, 0.1) is 0 Å². The third-order valence-corrected chi connectivity index (χ3v) is 3.67. The number of benzene rings is 1. The molecular formula is C17H18N4. The Balaban J connectivity index is 2.15. The summed E-state index contributed by atoms with van der Waals surface area (Å²) < 4.78 is 1.98. The molecule has 0 saturated carbocycles. The first-order valence-corrected chi connectivity index (χ1v) is 7.02. The number of nitrogens with two attached hydrogens (primary N) is 1. The van der Waals surface area contributed by atoms with Crippen LogP contribution in [0.2, 0.25) is 0 Å². The maximum absolute atomic E-state index is 6.02. The van der Waals surface area contributed by atoms with E-state index in [0.717, 1.165) is 28.9 Å². The van der Waals surface area contributed by atoms with E-state index in [2.05, 4.69) is 41.2 Å². The summed E-state index contributed by atoms with van der Waals surface area (Å²) in [5, 5.41) is 0. The zero-order chi connectivity index (χ0) is 14.8. The van der Waals surface area contributed by atoms with Gasteiger partial charge in [-0.25, -0.2) is 9.97 Å². The van der Waals surface area contributed by atoms with Crippen molar-refractivity contribution >= 4 is 5.82 Å². The Labute approximate surface area is 124 Å². The van der Waals surface area contributed by atoms with Gasteiger partial charge in [-0.15, -0.1) is 0 Å². The number of anilines is 1. The summed E-state index contributed by atoms with van der Waals surface area (Å²) in [6.45, 7) is 2.15. The molecule has 106 valence electrons. The largest absolute Gasteiger partial charge is 0.383 e. The minimum atomic E-state index is 0.521. The van der Waals surface area contributed by atoms with Crippen molar-refractivity contribution in [1.82, 2.24) is 14.5 Å². The number of aryl methyl sites for hydroxylation is 2. The molecule has 0 atom stereocenters. The first-order chi connectivity index (χ1) is 10.2. The molecule has 21 heavy (non-hydrogen) atoms. The average Bonchev–Trinajstić information content (AvgIpc) is 2.89. The highest BCUT2D eigenvalue weighted by molar-refractivity contribution is 5.83. The fourth-order valence-corrected chi connectivity index (χ4v) is 2.48. The van der Waals surface area contributed by atoms with Crippen LogP contribution >= 0.6 is 0 Å². The van der Waals surface area contributed by atoms with Crippen LogP contribution in [-0.2, 0) is 13.5 Å². The highest BCUT2D eigenvalue weighted by Crippen LogP contribution is 2.33. The number of nitrogen functional groups attached to an aromatic ring is 1. The predicted molar refractivity (Wildman–Crippen MR) is 85.7 cm³/mol. The van der Waals surface area contributed by atoms with Crippen LogP contribution in [0.3, 0.4) is 0 Å². The summed E-state index contributed by atoms with van der Waals surface area (Å²) >= 11 is 0. The van der Waals surface area contributed by atoms with E-state index in [1.54, 1.807) is 6.20 Å². The lowest BCUT2D eigenvalue weighted by atomic mass is 10.0. The molecule has 2 heterocycles. The topological polar surface area (TPSA) is 56.7 Å². The predicted octanol–water partition coefficient (Wildman–Crippen LogP) is 3.29. The molecule has 0 unspecified atom stereocenters. The Morgan fingerprint density at radius 2 is 1.86 bits per heavy atom. The van der Waals surface area contributed by atoms with Crippen molar-refractivity contribution < 1.29 is 0 Å². The van der Waals surface area contributed by atoms with Gasteiger partial charge in [0.1, 0.15) is 5.82 Å². The lowest BCUT2D eigenvalue weighted by molar-refractivity contribution is 0.921. The van der Waals surface area contributed by atoms with Gasteiger partial charge in [0.2, 0.25) is 0 Å². The second-order valence-corrected chi connectivity index (χ2v) is 5.04. The minimum Gasteiger partial charge on any atom is -0.383 e. The molecule has 0 aliphatic heterocycles. The van der Waals surface area contributed by atoms with Crippen LogP contribution in [0.25, 0.3) is 22.5 Å². The average molecular weight is 278 g/mol. The second-order valence-electron chi connectivity index (χ2n) is 5.04. The summed E-state index contributed by atoms with van der Waals surface area (Å²) in [6, 6.07) is 12.4. The SMILES string of the molecule is CCc1ccc(-c2ncn(C)c2-c2cccnc2N)cc1. The molecule has 0 saturated heterocycles. The maximum atomic E-state index is 6.02. The summed E-state index contributed by atoms with van der Waals surface area (Å²) in [7, 11) is 1.97. The summed E-state index contributed by atoms with van der Waals surface area (Å²) in [4.78, 5) is 8.71. The smallest absolute Gasteiger partial charge is 0.132 e. The molecule has 1 aromatic carbocycles. The molecule has 4 heteroatoms. The Morgan fingerprint density at radius 3 is 2.52 bits per heavy atom. The standard InChI is InChI=1S/C17H18N4/c1-3-12-6-8-13(9-7-12)15-16(21(2)11-20-15)14-5-4-10-19-17(14)18/h4-11H,3H2,1-2H3,(H2,18,19). The van der Waals surface area contributed by atoms with E-state index in [1.165, 1.54) is 5.56 Å². The monoisotopic (exact) mass is 278 g/mol. The molecule has 0 bridgehead atoms. The van der Waals surface area contributed by atoms with Crippen molar-refractivity contribution in [3.05, 3.63) is 54.5 Å². The summed E-state index contributed by atoms with van der Waals surface area (Å²) in [5.41, 5.74) is 11.3. The molecule has 2 N–H and O–H groups in total. The molecular weight excluding hydrogens is 260 g/mol. The fraction of sp³-hybridized carbons (Fsp3) is 0.176. The number of hydrogen-bond donors (Lipinski definition) is 1. The van der Waals surface area contributed by atoms with E-state index in [4.69, 9.17) is 5.73 Å².